The fourth-order valence-corrected chi connectivity index (χ4v) is 2.16. The zero-order chi connectivity index (χ0) is 19.1. The minimum atomic E-state index is -0.562. The number of rotatable bonds is 6. The van der Waals surface area contributed by atoms with Gasteiger partial charge in [0.1, 0.15) is 5.75 Å². The average Bonchev–Trinajstić information content (AvgIpc) is 2.63. The number of nitrogens with one attached hydrogen (secondary N) is 1. The number of allylic oxidation sites excluding steroid dienone is 1. The van der Waals surface area contributed by atoms with E-state index in [1.807, 2.05) is 0 Å². The summed E-state index contributed by atoms with van der Waals surface area (Å²) in [4.78, 5) is 28.0. The number of benzene rings is 1. The normalized spacial score (nSPS) is 14.7. The highest BCUT2D eigenvalue weighted by Crippen LogP contribution is 2.29. The van der Waals surface area contributed by atoms with Crippen molar-refractivity contribution >= 4 is 35.4 Å². The maximum absolute atomic E-state index is 12.6. The molecular formula is C17H17ClN4O4. The predicted octanol–water partition coefficient (Wildman–Crippen LogP) is 2.00. The molecule has 0 saturated carbocycles. The second kappa shape index (κ2) is 8.84. The highest BCUT2D eigenvalue weighted by molar-refractivity contribution is 6.31. The average molecular weight is 377 g/mol. The van der Waals surface area contributed by atoms with E-state index in [1.54, 1.807) is 18.3 Å². The van der Waals surface area contributed by atoms with Crippen LogP contribution in [0.25, 0.3) is 0 Å². The minimum Gasteiger partial charge on any atom is -0.480 e. The van der Waals surface area contributed by atoms with E-state index >= 15 is 0 Å². The molecule has 0 bridgehead atoms. The van der Waals surface area contributed by atoms with Gasteiger partial charge in [0.15, 0.2) is 12.4 Å². The van der Waals surface area contributed by atoms with E-state index in [1.165, 1.54) is 36.5 Å². The molecule has 1 aromatic rings. The number of aliphatic imine (C=N–C) groups is 1. The van der Waals surface area contributed by atoms with Gasteiger partial charge in [-0.05, 0) is 24.3 Å². The van der Waals surface area contributed by atoms with Crippen molar-refractivity contribution < 1.29 is 19.1 Å². The van der Waals surface area contributed by atoms with Gasteiger partial charge in [-0.1, -0.05) is 24.3 Å². The number of anilines is 1. The molecule has 0 aromatic heterocycles. The zero-order valence-corrected chi connectivity index (χ0v) is 14.7. The van der Waals surface area contributed by atoms with Gasteiger partial charge in [0.2, 0.25) is 0 Å². The molecule has 8 nitrogen and oxygen atoms in total. The van der Waals surface area contributed by atoms with Crippen LogP contribution < -0.4 is 15.9 Å². The van der Waals surface area contributed by atoms with E-state index in [9.17, 15) is 9.59 Å². The summed E-state index contributed by atoms with van der Waals surface area (Å²) < 4.78 is 9.88. The molecule has 0 aliphatic carbocycles. The van der Waals surface area contributed by atoms with Gasteiger partial charge >= 0.3 is 5.97 Å². The Kier molecular flexibility index (Phi) is 6.54. The summed E-state index contributed by atoms with van der Waals surface area (Å²) in [6.07, 6.45) is 6.00. The summed E-state index contributed by atoms with van der Waals surface area (Å²) >= 11 is 5.98. The Morgan fingerprint density at radius 2 is 2.23 bits per heavy atom. The molecule has 0 radical (unpaired) electrons. The van der Waals surface area contributed by atoms with Crippen LogP contribution in [0.5, 0.6) is 5.75 Å². The molecule has 0 fully saturated rings. The molecule has 9 heteroatoms. The van der Waals surface area contributed by atoms with Crippen molar-refractivity contribution in [3.8, 4) is 5.75 Å². The number of esters is 1. The van der Waals surface area contributed by atoms with Crippen molar-refractivity contribution in [2.45, 2.75) is 0 Å². The quantitative estimate of drug-likeness (QED) is 0.447. The number of carbonyl (C=O) groups excluding carboxylic acids is 2. The first-order valence-corrected chi connectivity index (χ1v) is 7.76. The molecule has 1 aliphatic heterocycles. The third-order valence-corrected chi connectivity index (χ3v) is 3.46. The first-order valence-electron chi connectivity index (χ1n) is 7.38. The lowest BCUT2D eigenvalue weighted by Crippen LogP contribution is -2.29. The first kappa shape index (κ1) is 19.2. The van der Waals surface area contributed by atoms with Crippen molar-refractivity contribution in [1.82, 2.24) is 5.01 Å². The van der Waals surface area contributed by atoms with Crippen LogP contribution in [-0.2, 0) is 14.3 Å². The van der Waals surface area contributed by atoms with Crippen LogP contribution in [0.3, 0.4) is 0 Å². The summed E-state index contributed by atoms with van der Waals surface area (Å²) in [5, 5.41) is 4.22. The molecule has 1 heterocycles. The highest BCUT2D eigenvalue weighted by atomic mass is 35.5. The zero-order valence-electron chi connectivity index (χ0n) is 13.9. The van der Waals surface area contributed by atoms with Crippen LogP contribution in [0, 0.1) is 0 Å². The van der Waals surface area contributed by atoms with E-state index in [-0.39, 0.29) is 29.4 Å². The van der Waals surface area contributed by atoms with Gasteiger partial charge in [0, 0.05) is 17.4 Å². The molecule has 1 aromatic carbocycles. The Balaban J connectivity index is 2.27. The molecule has 0 saturated heterocycles. The predicted molar refractivity (Wildman–Crippen MR) is 98.5 cm³/mol. The van der Waals surface area contributed by atoms with E-state index < -0.39 is 11.9 Å². The summed E-state index contributed by atoms with van der Waals surface area (Å²) in [5.74, 6) is 5.17. The van der Waals surface area contributed by atoms with Gasteiger partial charge in [0.05, 0.1) is 18.4 Å². The van der Waals surface area contributed by atoms with Crippen molar-refractivity contribution in [3.05, 3.63) is 59.5 Å². The summed E-state index contributed by atoms with van der Waals surface area (Å²) in [6, 6.07) is 4.58. The number of carbonyl (C=O) groups is 2. The fraction of sp³-hybridized carbons (Fsp3) is 0.118. The Morgan fingerprint density at radius 1 is 1.46 bits per heavy atom. The number of nitrogens with two attached hydrogens (primary N) is 1. The monoisotopic (exact) mass is 376 g/mol. The number of amides is 1. The number of hydrogen-bond donors (Lipinski definition) is 2. The molecule has 3 N–H and O–H groups in total. The van der Waals surface area contributed by atoms with Gasteiger partial charge < -0.3 is 14.8 Å². The number of halogens is 1. The smallest absolute Gasteiger partial charge is 0.343 e. The lowest BCUT2D eigenvalue weighted by atomic mass is 10.2. The third kappa shape index (κ3) is 4.71. The molecule has 0 atom stereocenters. The lowest BCUT2D eigenvalue weighted by molar-refractivity contribution is -0.142. The molecule has 26 heavy (non-hydrogen) atoms. The summed E-state index contributed by atoms with van der Waals surface area (Å²) in [7, 11) is 1.25. The second-order valence-corrected chi connectivity index (χ2v) is 5.36. The number of nitrogens with zero attached hydrogens (tertiary/aromatic N) is 2. The van der Waals surface area contributed by atoms with E-state index in [4.69, 9.17) is 22.2 Å². The standard InChI is InChI=1S/C17H17ClN4O4/c1-3-12(16-20-7-4-8-22(16)19)17(24)21-13-9-11(18)5-6-14(13)26-10-15(23)25-2/h3-9H,1,10,19H2,2H3,(H,21,24)/b16-12+. The van der Waals surface area contributed by atoms with Crippen LogP contribution in [0.2, 0.25) is 5.02 Å². The van der Waals surface area contributed by atoms with Crippen molar-refractivity contribution in [2.75, 3.05) is 19.0 Å². The maximum Gasteiger partial charge on any atom is 0.343 e. The van der Waals surface area contributed by atoms with E-state index in [0.717, 1.165) is 0 Å². The van der Waals surface area contributed by atoms with Crippen molar-refractivity contribution in [2.24, 2.45) is 10.8 Å². The van der Waals surface area contributed by atoms with Crippen LogP contribution >= 0.6 is 11.6 Å². The molecule has 0 spiro atoms. The molecular weight excluding hydrogens is 360 g/mol. The van der Waals surface area contributed by atoms with Gasteiger partial charge in [-0.2, -0.15) is 0 Å². The summed E-state index contributed by atoms with van der Waals surface area (Å²) in [5.41, 5.74) is 0.414. The largest absolute Gasteiger partial charge is 0.480 e. The van der Waals surface area contributed by atoms with E-state index in [2.05, 4.69) is 21.6 Å². The molecule has 2 rings (SSSR count). The summed E-state index contributed by atoms with van der Waals surface area (Å²) in [6.45, 7) is 3.31. The van der Waals surface area contributed by atoms with Crippen molar-refractivity contribution in [1.29, 1.82) is 0 Å². The molecule has 136 valence electrons. The minimum absolute atomic E-state index is 0.145. The Bertz CT molecular complexity index is 817. The lowest BCUT2D eigenvalue weighted by Gasteiger charge is -2.19. The first-order chi connectivity index (χ1) is 12.5. The SMILES string of the molecule is C=C/C(C(=O)Nc1cc(Cl)ccc1OCC(=O)OC)=C1/N=CC=CN1N. The maximum atomic E-state index is 12.6. The number of methoxy groups -OCH3 is 1. The van der Waals surface area contributed by atoms with Crippen LogP contribution in [0.15, 0.2) is 59.5 Å². The second-order valence-electron chi connectivity index (χ2n) is 4.93. The number of ether oxygens (including phenoxy) is 2. The van der Waals surface area contributed by atoms with Crippen molar-refractivity contribution in [3.63, 3.8) is 0 Å². The van der Waals surface area contributed by atoms with Gasteiger partial charge in [-0.15, -0.1) is 0 Å². The van der Waals surface area contributed by atoms with Gasteiger partial charge in [-0.25, -0.2) is 15.6 Å². The fourth-order valence-electron chi connectivity index (χ4n) is 1.99. The third-order valence-electron chi connectivity index (χ3n) is 3.23. The van der Waals surface area contributed by atoms with Crippen LogP contribution in [-0.4, -0.2) is 36.8 Å². The van der Waals surface area contributed by atoms with Gasteiger partial charge in [-0.3, -0.25) is 9.80 Å². The Morgan fingerprint density at radius 3 is 2.88 bits per heavy atom. The highest BCUT2D eigenvalue weighted by Gasteiger charge is 2.18. The molecule has 1 amide bonds. The number of hydrogen-bond acceptors (Lipinski definition) is 7. The molecule has 0 unspecified atom stereocenters. The Hall–Kier alpha value is -3.10. The van der Waals surface area contributed by atoms with Crippen LogP contribution in [0.1, 0.15) is 0 Å². The topological polar surface area (TPSA) is 106 Å². The Labute approximate surface area is 155 Å². The van der Waals surface area contributed by atoms with Gasteiger partial charge in [0.25, 0.3) is 5.91 Å². The van der Waals surface area contributed by atoms with Crippen LogP contribution in [0.4, 0.5) is 5.69 Å². The number of hydrazine groups is 1. The molecule has 1 aliphatic rings. The van der Waals surface area contributed by atoms with E-state index in [0.29, 0.717) is 5.02 Å².